The third-order valence-corrected chi connectivity index (χ3v) is 3.97. The zero-order valence-corrected chi connectivity index (χ0v) is 15.0. The molecule has 0 atom stereocenters. The Morgan fingerprint density at radius 3 is 2.54 bits per heavy atom. The molecule has 0 radical (unpaired) electrons. The van der Waals surface area contributed by atoms with Crippen molar-refractivity contribution >= 4 is 23.3 Å². The first-order valence-corrected chi connectivity index (χ1v) is 8.68. The van der Waals surface area contributed by atoms with Gasteiger partial charge >= 0.3 is 0 Å². The lowest BCUT2D eigenvalue weighted by Crippen LogP contribution is -2.12. The number of amides is 1. The molecule has 7 heteroatoms. The summed E-state index contributed by atoms with van der Waals surface area (Å²) in [6, 6.07) is 14.0. The number of nitrogens with one attached hydrogen (secondary N) is 1. The molecule has 1 N–H and O–H groups in total. The number of halogens is 1. The first-order valence-electron chi connectivity index (χ1n) is 8.30. The number of nitrogens with zero attached hydrogens (tertiary/aromatic N) is 2. The fraction of sp³-hybridized carbons (Fsp3) is 0.211. The Bertz CT molecular complexity index is 860. The van der Waals surface area contributed by atoms with E-state index < -0.39 is 0 Å². The Kier molecular flexibility index (Phi) is 5.86. The van der Waals surface area contributed by atoms with E-state index in [1.54, 1.807) is 48.5 Å². The van der Waals surface area contributed by atoms with Crippen LogP contribution in [-0.4, -0.2) is 22.8 Å². The monoisotopic (exact) mass is 371 g/mol. The van der Waals surface area contributed by atoms with E-state index in [-0.39, 0.29) is 11.7 Å². The van der Waals surface area contributed by atoms with Gasteiger partial charge in [0.05, 0.1) is 6.61 Å². The van der Waals surface area contributed by atoms with Crippen molar-refractivity contribution in [2.75, 3.05) is 11.9 Å². The van der Waals surface area contributed by atoms with E-state index in [4.69, 9.17) is 21.0 Å². The van der Waals surface area contributed by atoms with Gasteiger partial charge in [0.25, 0.3) is 5.91 Å². The van der Waals surface area contributed by atoms with E-state index in [1.807, 2.05) is 0 Å². The zero-order valence-electron chi connectivity index (χ0n) is 14.2. The molecule has 0 bridgehead atoms. The van der Waals surface area contributed by atoms with Gasteiger partial charge in [0.2, 0.25) is 5.82 Å². The van der Waals surface area contributed by atoms with Gasteiger partial charge in [-0.3, -0.25) is 4.79 Å². The largest absolute Gasteiger partial charge is 0.494 e. The van der Waals surface area contributed by atoms with Crippen molar-refractivity contribution in [2.24, 2.45) is 0 Å². The third-order valence-electron chi connectivity index (χ3n) is 3.72. The molecule has 0 aliphatic rings. The highest BCUT2D eigenvalue weighted by Gasteiger charge is 2.16. The third kappa shape index (κ3) is 4.40. The SMILES string of the molecule is CCCCOc1ccc(C(=O)Nc2nonc2-c2ccc(Cl)cc2)cc1. The topological polar surface area (TPSA) is 77.2 Å². The van der Waals surface area contributed by atoms with E-state index in [1.165, 1.54) is 0 Å². The average Bonchev–Trinajstić information content (AvgIpc) is 3.11. The molecule has 0 unspecified atom stereocenters. The van der Waals surface area contributed by atoms with Gasteiger partial charge in [-0.15, -0.1) is 0 Å². The summed E-state index contributed by atoms with van der Waals surface area (Å²) in [5.41, 5.74) is 1.66. The van der Waals surface area contributed by atoms with Crippen molar-refractivity contribution in [1.29, 1.82) is 0 Å². The van der Waals surface area contributed by atoms with Gasteiger partial charge in [0.1, 0.15) is 5.75 Å². The smallest absolute Gasteiger partial charge is 0.256 e. The molecule has 0 saturated carbocycles. The van der Waals surface area contributed by atoms with Crippen molar-refractivity contribution in [3.05, 3.63) is 59.1 Å². The number of hydrogen-bond acceptors (Lipinski definition) is 5. The standard InChI is InChI=1S/C19H18ClN3O3/c1-2-3-12-25-16-10-6-14(7-11-16)19(24)21-18-17(22-26-23-18)13-4-8-15(20)9-5-13/h4-11H,2-3,12H2,1H3,(H,21,23,24). The molecule has 3 rings (SSSR count). The van der Waals surface area contributed by atoms with E-state index in [9.17, 15) is 4.79 Å². The van der Waals surface area contributed by atoms with Gasteiger partial charge in [-0.25, -0.2) is 4.63 Å². The Labute approximate surface area is 156 Å². The molecule has 0 saturated heterocycles. The predicted molar refractivity (Wildman–Crippen MR) is 99.5 cm³/mol. The Morgan fingerprint density at radius 2 is 1.85 bits per heavy atom. The summed E-state index contributed by atoms with van der Waals surface area (Å²) < 4.78 is 10.4. The molecule has 0 fully saturated rings. The molecule has 6 nitrogen and oxygen atoms in total. The Hall–Kier alpha value is -2.86. The molecule has 1 amide bonds. The molecule has 0 aliphatic heterocycles. The number of carbonyl (C=O) groups excluding carboxylic acids is 1. The Balaban J connectivity index is 1.69. The summed E-state index contributed by atoms with van der Waals surface area (Å²) in [5.74, 6) is 0.677. The number of anilines is 1. The highest BCUT2D eigenvalue weighted by atomic mass is 35.5. The minimum Gasteiger partial charge on any atom is -0.494 e. The summed E-state index contributed by atoms with van der Waals surface area (Å²) in [7, 11) is 0. The lowest BCUT2D eigenvalue weighted by Gasteiger charge is -2.07. The van der Waals surface area contributed by atoms with Crippen LogP contribution in [0, 0.1) is 0 Å². The molecule has 3 aromatic rings. The summed E-state index contributed by atoms with van der Waals surface area (Å²) >= 11 is 5.89. The summed E-state index contributed by atoms with van der Waals surface area (Å²) in [6.45, 7) is 2.77. The van der Waals surface area contributed by atoms with Crippen LogP contribution in [0.3, 0.4) is 0 Å². The summed E-state index contributed by atoms with van der Waals surface area (Å²) in [5, 5.41) is 10.9. The number of benzene rings is 2. The second kappa shape index (κ2) is 8.49. The molecule has 1 aromatic heterocycles. The number of unbranched alkanes of at least 4 members (excludes halogenated alkanes) is 1. The first-order chi connectivity index (χ1) is 12.7. The van der Waals surface area contributed by atoms with Gasteiger partial charge in [-0.1, -0.05) is 37.1 Å². The van der Waals surface area contributed by atoms with Crippen LogP contribution in [0.4, 0.5) is 5.82 Å². The van der Waals surface area contributed by atoms with Crippen LogP contribution < -0.4 is 10.1 Å². The van der Waals surface area contributed by atoms with E-state index >= 15 is 0 Å². The molecular formula is C19H18ClN3O3. The molecule has 0 aliphatic carbocycles. The average molecular weight is 372 g/mol. The number of hydrogen-bond donors (Lipinski definition) is 1. The van der Waals surface area contributed by atoms with E-state index in [0.29, 0.717) is 22.9 Å². The van der Waals surface area contributed by atoms with Gasteiger partial charge in [-0.05, 0) is 53.1 Å². The van der Waals surface area contributed by atoms with Crippen LogP contribution in [0.2, 0.25) is 5.02 Å². The van der Waals surface area contributed by atoms with Crippen molar-refractivity contribution < 1.29 is 14.2 Å². The van der Waals surface area contributed by atoms with Crippen LogP contribution in [0.15, 0.2) is 53.2 Å². The minimum atomic E-state index is -0.309. The van der Waals surface area contributed by atoms with Gasteiger partial charge in [-0.2, -0.15) is 0 Å². The van der Waals surface area contributed by atoms with Crippen molar-refractivity contribution in [3.63, 3.8) is 0 Å². The molecule has 1 heterocycles. The van der Waals surface area contributed by atoms with Crippen molar-refractivity contribution in [1.82, 2.24) is 10.3 Å². The quantitative estimate of drug-likeness (QED) is 0.602. The highest BCUT2D eigenvalue weighted by Crippen LogP contribution is 2.26. The first kappa shape index (κ1) is 17.9. The van der Waals surface area contributed by atoms with Crippen molar-refractivity contribution in [2.45, 2.75) is 19.8 Å². The fourth-order valence-electron chi connectivity index (χ4n) is 2.28. The second-order valence-electron chi connectivity index (χ2n) is 5.65. The second-order valence-corrected chi connectivity index (χ2v) is 6.09. The van der Waals surface area contributed by atoms with Crippen LogP contribution in [0.1, 0.15) is 30.1 Å². The van der Waals surface area contributed by atoms with E-state index in [0.717, 1.165) is 24.2 Å². The van der Waals surface area contributed by atoms with Crippen LogP contribution in [0.25, 0.3) is 11.3 Å². The molecule has 134 valence electrons. The number of aromatic nitrogens is 2. The summed E-state index contributed by atoms with van der Waals surface area (Å²) in [6.07, 6.45) is 2.07. The summed E-state index contributed by atoms with van der Waals surface area (Å²) in [4.78, 5) is 12.4. The maximum absolute atomic E-state index is 12.4. The maximum atomic E-state index is 12.4. The fourth-order valence-corrected chi connectivity index (χ4v) is 2.41. The van der Waals surface area contributed by atoms with Gasteiger partial charge in [0.15, 0.2) is 5.69 Å². The van der Waals surface area contributed by atoms with Gasteiger partial charge in [0, 0.05) is 16.1 Å². The van der Waals surface area contributed by atoms with E-state index in [2.05, 4.69) is 22.6 Å². The van der Waals surface area contributed by atoms with Crippen LogP contribution in [0.5, 0.6) is 5.75 Å². The Morgan fingerprint density at radius 1 is 1.12 bits per heavy atom. The molecular weight excluding hydrogens is 354 g/mol. The lowest BCUT2D eigenvalue weighted by molar-refractivity contribution is 0.102. The van der Waals surface area contributed by atoms with Crippen molar-refractivity contribution in [3.8, 4) is 17.0 Å². The van der Waals surface area contributed by atoms with Crippen LogP contribution in [-0.2, 0) is 0 Å². The van der Waals surface area contributed by atoms with Gasteiger partial charge < -0.3 is 10.1 Å². The molecule has 2 aromatic carbocycles. The number of rotatable bonds is 7. The maximum Gasteiger partial charge on any atom is 0.256 e. The normalized spacial score (nSPS) is 10.5. The number of carbonyl (C=O) groups is 1. The molecule has 26 heavy (non-hydrogen) atoms. The predicted octanol–water partition coefficient (Wildman–Crippen LogP) is 4.82. The van der Waals surface area contributed by atoms with Crippen LogP contribution >= 0.6 is 11.6 Å². The zero-order chi connectivity index (χ0) is 18.4. The lowest BCUT2D eigenvalue weighted by atomic mass is 10.1. The highest BCUT2D eigenvalue weighted by molar-refractivity contribution is 6.30. The minimum absolute atomic E-state index is 0.251. The number of ether oxygens (including phenoxy) is 1. The molecule has 0 spiro atoms.